The van der Waals surface area contributed by atoms with Gasteiger partial charge in [0.05, 0.1) is 19.3 Å². The number of amides is 1. The molecule has 7 heteroatoms. The highest BCUT2D eigenvalue weighted by molar-refractivity contribution is 9.10. The van der Waals surface area contributed by atoms with E-state index in [4.69, 9.17) is 14.3 Å². The van der Waals surface area contributed by atoms with Crippen molar-refractivity contribution >= 4 is 33.9 Å². The number of halogens is 1. The maximum atomic E-state index is 12.0. The zero-order valence-electron chi connectivity index (χ0n) is 10.8. The molecule has 1 aromatic rings. The number of carbonyl (C=O) groups excluding carboxylic acids is 1. The summed E-state index contributed by atoms with van der Waals surface area (Å²) >= 11 is 3.17. The molecule has 2 rings (SSSR count). The van der Waals surface area contributed by atoms with Gasteiger partial charge in [-0.3, -0.25) is 9.59 Å². The summed E-state index contributed by atoms with van der Waals surface area (Å²) in [5, 5.41) is 9.07. The predicted octanol–water partition coefficient (Wildman–Crippen LogP) is 1.61. The van der Waals surface area contributed by atoms with E-state index in [1.54, 1.807) is 19.2 Å². The smallest absolute Gasteiger partial charge is 0.311 e. The highest BCUT2D eigenvalue weighted by Crippen LogP contribution is 2.20. The van der Waals surface area contributed by atoms with Crippen LogP contribution >= 0.6 is 15.9 Å². The second-order valence-corrected chi connectivity index (χ2v) is 5.26. The number of carboxylic acids is 1. The summed E-state index contributed by atoms with van der Waals surface area (Å²) in [6.45, 7) is 0.367. The van der Waals surface area contributed by atoms with Crippen molar-refractivity contribution in [2.75, 3.05) is 20.3 Å². The van der Waals surface area contributed by atoms with E-state index in [-0.39, 0.29) is 19.1 Å². The maximum Gasteiger partial charge on any atom is 0.311 e. The number of nitrogens with zero attached hydrogens (tertiary/aromatic N) is 1. The number of hydrogen-bond acceptors (Lipinski definition) is 4. The molecular weight excluding hydrogens is 330 g/mol. The first-order valence-corrected chi connectivity index (χ1v) is 6.79. The van der Waals surface area contributed by atoms with Gasteiger partial charge in [-0.25, -0.2) is 0 Å². The van der Waals surface area contributed by atoms with Crippen molar-refractivity contribution in [2.24, 2.45) is 5.92 Å². The lowest BCUT2D eigenvalue weighted by molar-refractivity contribution is -0.143. The Morgan fingerprint density at radius 1 is 1.45 bits per heavy atom. The largest absolute Gasteiger partial charge is 0.481 e. The topological polar surface area (TPSA) is 80.0 Å². The fourth-order valence-electron chi connectivity index (χ4n) is 2.01. The molecule has 20 heavy (non-hydrogen) atoms. The highest BCUT2D eigenvalue weighted by Gasteiger charge is 2.37. The molecule has 1 aromatic heterocycles. The van der Waals surface area contributed by atoms with Crippen LogP contribution in [0.15, 0.2) is 27.3 Å². The molecule has 1 aliphatic rings. The molecule has 0 saturated carbocycles. The summed E-state index contributed by atoms with van der Waals surface area (Å²) in [6.07, 6.45) is 2.89. The zero-order chi connectivity index (χ0) is 14.7. The van der Waals surface area contributed by atoms with Crippen LogP contribution < -0.4 is 0 Å². The van der Waals surface area contributed by atoms with Gasteiger partial charge in [0.15, 0.2) is 4.67 Å². The minimum atomic E-state index is -0.953. The van der Waals surface area contributed by atoms with E-state index < -0.39 is 17.9 Å². The van der Waals surface area contributed by atoms with Crippen LogP contribution in [0.3, 0.4) is 0 Å². The van der Waals surface area contributed by atoms with Gasteiger partial charge < -0.3 is 19.2 Å². The third-order valence-corrected chi connectivity index (χ3v) is 3.62. The number of aliphatic carboxylic acids is 1. The molecule has 0 aromatic carbocycles. The number of furan rings is 1. The maximum absolute atomic E-state index is 12.0. The van der Waals surface area contributed by atoms with E-state index in [0.29, 0.717) is 10.4 Å². The number of hydrogen-bond donors (Lipinski definition) is 1. The van der Waals surface area contributed by atoms with Gasteiger partial charge in [-0.15, -0.1) is 0 Å². The Bertz CT molecular complexity index is 539. The van der Waals surface area contributed by atoms with Gasteiger partial charge >= 0.3 is 5.97 Å². The highest BCUT2D eigenvalue weighted by atomic mass is 79.9. The number of carboxylic acid groups (broad SMARTS) is 1. The van der Waals surface area contributed by atoms with Crippen molar-refractivity contribution in [3.63, 3.8) is 0 Å². The number of carbonyl (C=O) groups is 2. The van der Waals surface area contributed by atoms with Crippen LogP contribution in [0, 0.1) is 5.92 Å². The van der Waals surface area contributed by atoms with Crippen molar-refractivity contribution < 1.29 is 23.8 Å². The van der Waals surface area contributed by atoms with E-state index >= 15 is 0 Å². The van der Waals surface area contributed by atoms with Crippen molar-refractivity contribution in [2.45, 2.75) is 6.04 Å². The fraction of sp³-hybridized carbons (Fsp3) is 0.385. The van der Waals surface area contributed by atoms with Crippen LogP contribution in [0.25, 0.3) is 6.08 Å². The minimum absolute atomic E-state index is 0.131. The third-order valence-electron chi connectivity index (χ3n) is 3.20. The average molecular weight is 344 g/mol. The van der Waals surface area contributed by atoms with Gasteiger partial charge in [-0.1, -0.05) is 0 Å². The van der Waals surface area contributed by atoms with E-state index in [9.17, 15) is 9.59 Å². The van der Waals surface area contributed by atoms with E-state index in [1.807, 2.05) is 0 Å². The molecule has 1 aliphatic heterocycles. The lowest BCUT2D eigenvalue weighted by Crippen LogP contribution is -2.43. The summed E-state index contributed by atoms with van der Waals surface area (Å²) in [7, 11) is 1.57. The Morgan fingerprint density at radius 3 is 2.80 bits per heavy atom. The number of rotatable bonds is 4. The normalized spacial score (nSPS) is 22.3. The monoisotopic (exact) mass is 343 g/mol. The van der Waals surface area contributed by atoms with Gasteiger partial charge in [0.25, 0.3) is 0 Å². The number of ether oxygens (including phenoxy) is 1. The molecule has 1 amide bonds. The molecule has 2 unspecified atom stereocenters. The van der Waals surface area contributed by atoms with Gasteiger partial charge in [0, 0.05) is 13.1 Å². The Hall–Kier alpha value is -1.60. The molecule has 0 aliphatic carbocycles. The molecule has 2 heterocycles. The van der Waals surface area contributed by atoms with E-state index in [1.165, 1.54) is 17.1 Å². The first kappa shape index (κ1) is 14.8. The van der Waals surface area contributed by atoms with Gasteiger partial charge in [-0.05, 0) is 34.1 Å². The molecule has 1 saturated heterocycles. The Balaban J connectivity index is 2.01. The molecular formula is C13H14BrNO5. The molecule has 1 fully saturated rings. The molecule has 2 atom stereocenters. The number of likely N-dealkylation sites (N-methyl/N-ethyl adjacent to an activating group) is 1. The fourth-order valence-corrected chi connectivity index (χ4v) is 2.33. The standard InChI is InChI=1S/C13H14BrNO5/c1-15(10-7-19-6-9(10)13(17)18)12(16)5-3-8-2-4-11(14)20-8/h2-5,9-10H,6-7H2,1H3,(H,17,18). The Kier molecular flexibility index (Phi) is 4.61. The van der Waals surface area contributed by atoms with Crippen LogP contribution in [0.4, 0.5) is 0 Å². The quantitative estimate of drug-likeness (QED) is 0.840. The van der Waals surface area contributed by atoms with Gasteiger partial charge in [-0.2, -0.15) is 0 Å². The second-order valence-electron chi connectivity index (χ2n) is 4.47. The van der Waals surface area contributed by atoms with Crippen LogP contribution in [0.2, 0.25) is 0 Å². The van der Waals surface area contributed by atoms with Crippen LogP contribution in [0.1, 0.15) is 5.76 Å². The first-order chi connectivity index (χ1) is 9.49. The summed E-state index contributed by atoms with van der Waals surface area (Å²) in [5.41, 5.74) is 0. The molecule has 1 N–H and O–H groups in total. The van der Waals surface area contributed by atoms with Crippen LogP contribution in [-0.2, 0) is 14.3 Å². The first-order valence-electron chi connectivity index (χ1n) is 6.00. The summed E-state index contributed by atoms with van der Waals surface area (Å²) in [4.78, 5) is 24.5. The molecule has 0 radical (unpaired) electrons. The zero-order valence-corrected chi connectivity index (χ0v) is 12.4. The van der Waals surface area contributed by atoms with Gasteiger partial charge in [0.2, 0.25) is 5.91 Å². The lowest BCUT2D eigenvalue weighted by atomic mass is 10.0. The SMILES string of the molecule is CN(C(=O)C=Cc1ccc(Br)o1)C1COCC1C(=O)O. The van der Waals surface area contributed by atoms with Gasteiger partial charge in [0.1, 0.15) is 11.7 Å². The predicted molar refractivity (Wildman–Crippen MR) is 73.9 cm³/mol. The van der Waals surface area contributed by atoms with E-state index in [0.717, 1.165) is 0 Å². The van der Waals surface area contributed by atoms with Crippen molar-refractivity contribution in [3.05, 3.63) is 28.6 Å². The van der Waals surface area contributed by atoms with E-state index in [2.05, 4.69) is 15.9 Å². The second kappa shape index (κ2) is 6.23. The van der Waals surface area contributed by atoms with Crippen LogP contribution in [-0.4, -0.2) is 48.2 Å². The Morgan fingerprint density at radius 2 is 2.20 bits per heavy atom. The third kappa shape index (κ3) is 3.29. The molecule has 6 nitrogen and oxygen atoms in total. The minimum Gasteiger partial charge on any atom is -0.481 e. The molecule has 0 spiro atoms. The Labute approximate surface area is 124 Å². The van der Waals surface area contributed by atoms with Crippen molar-refractivity contribution in [1.82, 2.24) is 4.90 Å². The van der Waals surface area contributed by atoms with Crippen molar-refractivity contribution in [3.8, 4) is 0 Å². The summed E-state index contributed by atoms with van der Waals surface area (Å²) in [6, 6.07) is 2.99. The molecule has 0 bridgehead atoms. The average Bonchev–Trinajstić information content (AvgIpc) is 3.03. The summed E-state index contributed by atoms with van der Waals surface area (Å²) < 4.78 is 11.0. The molecule has 108 valence electrons. The van der Waals surface area contributed by atoms with Crippen molar-refractivity contribution in [1.29, 1.82) is 0 Å². The van der Waals surface area contributed by atoms with Crippen LogP contribution in [0.5, 0.6) is 0 Å². The summed E-state index contributed by atoms with van der Waals surface area (Å²) in [5.74, 6) is -1.39. The lowest BCUT2D eigenvalue weighted by Gasteiger charge is -2.25.